The Morgan fingerprint density at radius 3 is 2.63 bits per heavy atom. The summed E-state index contributed by atoms with van der Waals surface area (Å²) in [6.07, 6.45) is 7.78. The Labute approximate surface area is 181 Å². The van der Waals surface area contributed by atoms with Crippen LogP contribution >= 0.6 is 11.3 Å². The third kappa shape index (κ3) is 4.82. The molecule has 0 saturated heterocycles. The topological polar surface area (TPSA) is 51.7 Å². The number of nitrogens with zero attached hydrogens (tertiary/aromatic N) is 2. The summed E-state index contributed by atoms with van der Waals surface area (Å²) in [4.78, 5) is 20.5. The molecule has 1 aliphatic rings. The molecule has 4 rings (SSSR count). The third-order valence-electron chi connectivity index (χ3n) is 5.48. The maximum atomic E-state index is 13.3. The van der Waals surface area contributed by atoms with Crippen molar-refractivity contribution >= 4 is 17.2 Å². The summed E-state index contributed by atoms with van der Waals surface area (Å²) >= 11 is 1.67. The molecular weight excluding hydrogens is 396 g/mol. The molecule has 0 atom stereocenters. The average Bonchev–Trinajstić information content (AvgIpc) is 3.51. The van der Waals surface area contributed by atoms with Crippen molar-refractivity contribution < 1.29 is 14.3 Å². The molecule has 0 N–H and O–H groups in total. The molecule has 6 heteroatoms. The Hall–Kier alpha value is -2.86. The van der Waals surface area contributed by atoms with Crippen molar-refractivity contribution in [3.8, 4) is 11.5 Å². The highest BCUT2D eigenvalue weighted by molar-refractivity contribution is 7.09. The fourth-order valence-electron chi connectivity index (χ4n) is 3.92. The minimum atomic E-state index is 0.0566. The SMILES string of the molecule is COc1ccc(CN(C(=O)c2ccncc2)C2CCCC2)cc1OCc1cccs1. The van der Waals surface area contributed by atoms with Crippen LogP contribution in [0.15, 0.2) is 60.2 Å². The molecule has 2 aromatic heterocycles. The maximum absolute atomic E-state index is 13.3. The molecule has 156 valence electrons. The summed E-state index contributed by atoms with van der Waals surface area (Å²) in [5.74, 6) is 1.45. The monoisotopic (exact) mass is 422 g/mol. The summed E-state index contributed by atoms with van der Waals surface area (Å²) in [5, 5.41) is 2.04. The molecule has 1 aromatic carbocycles. The van der Waals surface area contributed by atoms with E-state index in [1.165, 1.54) is 12.8 Å². The Morgan fingerprint density at radius 1 is 1.13 bits per heavy atom. The van der Waals surface area contributed by atoms with Gasteiger partial charge in [0.1, 0.15) is 6.61 Å². The van der Waals surface area contributed by atoms with E-state index >= 15 is 0 Å². The number of pyridine rings is 1. The summed E-state index contributed by atoms with van der Waals surface area (Å²) in [7, 11) is 1.64. The minimum absolute atomic E-state index is 0.0566. The van der Waals surface area contributed by atoms with Gasteiger partial charge in [0.15, 0.2) is 11.5 Å². The Kier molecular flexibility index (Phi) is 6.64. The van der Waals surface area contributed by atoms with Gasteiger partial charge in [-0.1, -0.05) is 25.0 Å². The van der Waals surface area contributed by atoms with Gasteiger partial charge in [0, 0.05) is 35.4 Å². The second kappa shape index (κ2) is 9.76. The van der Waals surface area contributed by atoms with Crippen LogP contribution in [0.2, 0.25) is 0 Å². The molecule has 0 radical (unpaired) electrons. The van der Waals surface area contributed by atoms with Gasteiger partial charge >= 0.3 is 0 Å². The molecule has 0 bridgehead atoms. The summed E-state index contributed by atoms with van der Waals surface area (Å²) < 4.78 is 11.5. The van der Waals surface area contributed by atoms with Gasteiger partial charge in [-0.25, -0.2) is 0 Å². The standard InChI is InChI=1S/C24H26N2O3S/c1-28-22-9-8-18(15-23(22)29-17-21-7-4-14-30-21)16-26(20-5-2-3-6-20)24(27)19-10-12-25-13-11-19/h4,7-15,20H,2-3,5-6,16-17H2,1H3. The molecular formula is C24H26N2O3S. The molecule has 2 heterocycles. The number of amides is 1. The van der Waals surface area contributed by atoms with Crippen molar-refractivity contribution in [2.45, 2.75) is 44.9 Å². The van der Waals surface area contributed by atoms with Gasteiger partial charge in [-0.3, -0.25) is 9.78 Å². The van der Waals surface area contributed by atoms with Crippen molar-refractivity contribution in [1.29, 1.82) is 0 Å². The number of rotatable bonds is 8. The van der Waals surface area contributed by atoms with Gasteiger partial charge in [0.05, 0.1) is 7.11 Å². The molecule has 0 unspecified atom stereocenters. The Balaban J connectivity index is 1.55. The van der Waals surface area contributed by atoms with Crippen LogP contribution in [0, 0.1) is 0 Å². The summed E-state index contributed by atoms with van der Waals surface area (Å²) in [5.41, 5.74) is 1.71. The van der Waals surface area contributed by atoms with Gasteiger partial charge in [-0.05, 0) is 54.1 Å². The zero-order valence-electron chi connectivity index (χ0n) is 17.1. The normalized spacial score (nSPS) is 13.9. The van der Waals surface area contributed by atoms with Crippen molar-refractivity contribution in [3.63, 3.8) is 0 Å². The number of benzene rings is 1. The van der Waals surface area contributed by atoms with Crippen molar-refractivity contribution in [1.82, 2.24) is 9.88 Å². The van der Waals surface area contributed by atoms with Crippen LogP contribution in [0.3, 0.4) is 0 Å². The lowest BCUT2D eigenvalue weighted by Crippen LogP contribution is -2.38. The fraction of sp³-hybridized carbons (Fsp3) is 0.333. The largest absolute Gasteiger partial charge is 0.493 e. The van der Waals surface area contributed by atoms with Gasteiger partial charge < -0.3 is 14.4 Å². The first-order valence-electron chi connectivity index (χ1n) is 10.3. The molecule has 3 aromatic rings. The Morgan fingerprint density at radius 2 is 1.93 bits per heavy atom. The van der Waals surface area contributed by atoms with Crippen molar-refractivity contribution in [2.75, 3.05) is 7.11 Å². The van der Waals surface area contributed by atoms with Crippen LogP contribution in [0.1, 0.15) is 46.5 Å². The minimum Gasteiger partial charge on any atom is -0.493 e. The van der Waals surface area contributed by atoms with E-state index in [4.69, 9.17) is 9.47 Å². The number of carbonyl (C=O) groups excluding carboxylic acids is 1. The average molecular weight is 423 g/mol. The van der Waals surface area contributed by atoms with E-state index in [1.54, 1.807) is 43.0 Å². The van der Waals surface area contributed by atoms with Crippen LogP contribution in [-0.2, 0) is 13.2 Å². The smallest absolute Gasteiger partial charge is 0.254 e. The molecule has 1 fully saturated rings. The van der Waals surface area contributed by atoms with Crippen molar-refractivity contribution in [2.24, 2.45) is 0 Å². The molecule has 1 aliphatic carbocycles. The number of aromatic nitrogens is 1. The second-order valence-corrected chi connectivity index (χ2v) is 8.49. The number of thiophene rings is 1. The highest BCUT2D eigenvalue weighted by Gasteiger charge is 2.27. The zero-order valence-corrected chi connectivity index (χ0v) is 17.9. The number of methoxy groups -OCH3 is 1. The first kappa shape index (κ1) is 20.4. The maximum Gasteiger partial charge on any atom is 0.254 e. The lowest BCUT2D eigenvalue weighted by atomic mass is 10.1. The van der Waals surface area contributed by atoms with E-state index in [2.05, 4.69) is 11.1 Å². The van der Waals surface area contributed by atoms with E-state index in [0.29, 0.717) is 30.2 Å². The van der Waals surface area contributed by atoms with Crippen LogP contribution in [0.25, 0.3) is 0 Å². The summed E-state index contributed by atoms with van der Waals surface area (Å²) in [6.45, 7) is 1.05. The van der Waals surface area contributed by atoms with E-state index in [-0.39, 0.29) is 11.9 Å². The molecule has 5 nitrogen and oxygen atoms in total. The quantitative estimate of drug-likeness (QED) is 0.493. The highest BCUT2D eigenvalue weighted by atomic mass is 32.1. The lowest BCUT2D eigenvalue weighted by Gasteiger charge is -2.29. The summed E-state index contributed by atoms with van der Waals surface area (Å²) in [6, 6.07) is 13.8. The van der Waals surface area contributed by atoms with Crippen molar-refractivity contribution in [3.05, 3.63) is 76.2 Å². The second-order valence-electron chi connectivity index (χ2n) is 7.46. The predicted molar refractivity (Wildman–Crippen MR) is 118 cm³/mol. The van der Waals surface area contributed by atoms with Gasteiger partial charge in [0.2, 0.25) is 0 Å². The van der Waals surface area contributed by atoms with Gasteiger partial charge in [0.25, 0.3) is 5.91 Å². The Bertz CT molecular complexity index is 954. The van der Waals surface area contributed by atoms with E-state index in [1.807, 2.05) is 34.5 Å². The molecule has 0 spiro atoms. The highest BCUT2D eigenvalue weighted by Crippen LogP contribution is 2.32. The first-order chi connectivity index (χ1) is 14.7. The number of hydrogen-bond acceptors (Lipinski definition) is 5. The molecule has 0 aliphatic heterocycles. The molecule has 1 saturated carbocycles. The van der Waals surface area contributed by atoms with Crippen LogP contribution in [0.5, 0.6) is 11.5 Å². The third-order valence-corrected chi connectivity index (χ3v) is 6.33. The van der Waals surface area contributed by atoms with E-state index < -0.39 is 0 Å². The van der Waals surface area contributed by atoms with Crippen LogP contribution in [0.4, 0.5) is 0 Å². The van der Waals surface area contributed by atoms with Gasteiger partial charge in [-0.2, -0.15) is 0 Å². The first-order valence-corrected chi connectivity index (χ1v) is 11.2. The predicted octanol–water partition coefficient (Wildman–Crippen LogP) is 5.32. The number of ether oxygens (including phenoxy) is 2. The van der Waals surface area contributed by atoms with Crippen LogP contribution in [-0.4, -0.2) is 28.9 Å². The van der Waals surface area contributed by atoms with Crippen LogP contribution < -0.4 is 9.47 Å². The van der Waals surface area contributed by atoms with E-state index in [0.717, 1.165) is 23.3 Å². The van der Waals surface area contributed by atoms with E-state index in [9.17, 15) is 4.79 Å². The number of carbonyl (C=O) groups is 1. The number of hydrogen-bond donors (Lipinski definition) is 0. The van der Waals surface area contributed by atoms with Gasteiger partial charge in [-0.15, -0.1) is 11.3 Å². The molecule has 1 amide bonds. The fourth-order valence-corrected chi connectivity index (χ4v) is 4.53. The lowest BCUT2D eigenvalue weighted by molar-refractivity contribution is 0.0664. The zero-order chi connectivity index (χ0) is 20.8. The molecule has 30 heavy (non-hydrogen) atoms.